The Morgan fingerprint density at radius 1 is 0.852 bits per heavy atom. The summed E-state index contributed by atoms with van der Waals surface area (Å²) in [6, 6.07) is 27.3. The molecule has 0 spiro atoms. The number of rotatable bonds is 5. The van der Waals surface area contributed by atoms with Gasteiger partial charge in [-0.15, -0.1) is 0 Å². The monoisotopic (exact) mass is 373 g/mol. The number of nitrogens with two attached hydrogens (primary N) is 1. The SMILES string of the molecule is Nc1cc(OCc2cccc3ccccc23)ccc1Sc1ccc(O)cc1. The summed E-state index contributed by atoms with van der Waals surface area (Å²) < 4.78 is 5.98. The second-order valence-electron chi connectivity index (χ2n) is 6.22. The summed E-state index contributed by atoms with van der Waals surface area (Å²) in [4.78, 5) is 1.97. The Morgan fingerprint density at radius 3 is 2.44 bits per heavy atom. The van der Waals surface area contributed by atoms with Crippen molar-refractivity contribution in [3.05, 3.63) is 90.5 Å². The van der Waals surface area contributed by atoms with Crippen LogP contribution in [0.25, 0.3) is 10.8 Å². The van der Waals surface area contributed by atoms with Crippen LogP contribution in [0.2, 0.25) is 0 Å². The number of ether oxygens (including phenoxy) is 1. The van der Waals surface area contributed by atoms with E-state index in [0.717, 1.165) is 21.1 Å². The first kappa shape index (κ1) is 17.3. The molecule has 3 nitrogen and oxygen atoms in total. The molecule has 0 atom stereocenters. The summed E-state index contributed by atoms with van der Waals surface area (Å²) in [5.41, 5.74) is 8.03. The Balaban J connectivity index is 1.48. The van der Waals surface area contributed by atoms with E-state index in [-0.39, 0.29) is 5.75 Å². The van der Waals surface area contributed by atoms with Gasteiger partial charge in [-0.2, -0.15) is 0 Å². The van der Waals surface area contributed by atoms with Crippen LogP contribution in [0.1, 0.15) is 5.56 Å². The molecule has 134 valence electrons. The van der Waals surface area contributed by atoms with Crippen molar-refractivity contribution in [2.75, 3.05) is 5.73 Å². The first-order valence-corrected chi connectivity index (χ1v) is 9.46. The molecule has 0 radical (unpaired) electrons. The third-order valence-corrected chi connectivity index (χ3v) is 5.42. The van der Waals surface area contributed by atoms with E-state index in [1.54, 1.807) is 23.9 Å². The molecule has 27 heavy (non-hydrogen) atoms. The molecule has 0 saturated carbocycles. The number of benzene rings is 4. The minimum absolute atomic E-state index is 0.254. The highest BCUT2D eigenvalue weighted by atomic mass is 32.2. The number of phenols is 1. The molecule has 4 aromatic rings. The summed E-state index contributed by atoms with van der Waals surface area (Å²) >= 11 is 1.56. The lowest BCUT2D eigenvalue weighted by Crippen LogP contribution is -1.98. The first-order valence-electron chi connectivity index (χ1n) is 8.65. The largest absolute Gasteiger partial charge is 0.508 e. The number of aromatic hydroxyl groups is 1. The Morgan fingerprint density at radius 2 is 1.63 bits per heavy atom. The first-order chi connectivity index (χ1) is 13.2. The summed E-state index contributed by atoms with van der Waals surface area (Å²) in [7, 11) is 0. The molecule has 0 amide bonds. The maximum atomic E-state index is 9.38. The van der Waals surface area contributed by atoms with Crippen LogP contribution in [-0.2, 0) is 6.61 Å². The van der Waals surface area contributed by atoms with Crippen molar-refractivity contribution in [2.45, 2.75) is 16.4 Å². The average Bonchev–Trinajstić information content (AvgIpc) is 2.70. The Labute approximate surface area is 162 Å². The summed E-state index contributed by atoms with van der Waals surface area (Å²) in [6.07, 6.45) is 0. The molecule has 0 aromatic heterocycles. The van der Waals surface area contributed by atoms with Crippen LogP contribution in [0.3, 0.4) is 0 Å². The van der Waals surface area contributed by atoms with Gasteiger partial charge in [0.25, 0.3) is 0 Å². The van der Waals surface area contributed by atoms with E-state index in [0.29, 0.717) is 12.3 Å². The molecule has 0 unspecified atom stereocenters. The van der Waals surface area contributed by atoms with Crippen LogP contribution in [0.5, 0.6) is 11.5 Å². The number of fused-ring (bicyclic) bond motifs is 1. The second kappa shape index (κ2) is 7.64. The fourth-order valence-corrected chi connectivity index (χ4v) is 3.77. The fraction of sp³-hybridized carbons (Fsp3) is 0.0435. The lowest BCUT2D eigenvalue weighted by molar-refractivity contribution is 0.307. The highest BCUT2D eigenvalue weighted by molar-refractivity contribution is 7.99. The molecule has 0 heterocycles. The van der Waals surface area contributed by atoms with Gasteiger partial charge in [0, 0.05) is 21.5 Å². The van der Waals surface area contributed by atoms with Crippen molar-refractivity contribution in [1.82, 2.24) is 0 Å². The summed E-state index contributed by atoms with van der Waals surface area (Å²) in [5.74, 6) is 1.000. The predicted octanol–water partition coefficient (Wildman–Crippen LogP) is 5.86. The standard InChI is InChI=1S/C23H19NO2S/c24-22-14-19(10-13-23(22)27-20-11-8-18(25)9-12-20)26-15-17-6-3-5-16-4-1-2-7-21(16)17/h1-14,25H,15,24H2. The molecule has 0 aliphatic rings. The van der Waals surface area contributed by atoms with Gasteiger partial charge in [-0.1, -0.05) is 54.2 Å². The van der Waals surface area contributed by atoms with Gasteiger partial charge >= 0.3 is 0 Å². The molecule has 0 fully saturated rings. The number of anilines is 1. The predicted molar refractivity (Wildman–Crippen MR) is 111 cm³/mol. The van der Waals surface area contributed by atoms with Crippen LogP contribution in [0, 0.1) is 0 Å². The Hall–Kier alpha value is -3.11. The number of nitrogen functional groups attached to an aromatic ring is 1. The van der Waals surface area contributed by atoms with Crippen LogP contribution in [0.4, 0.5) is 5.69 Å². The zero-order chi connectivity index (χ0) is 18.6. The van der Waals surface area contributed by atoms with Crippen molar-refractivity contribution >= 4 is 28.2 Å². The van der Waals surface area contributed by atoms with Gasteiger partial charge in [-0.25, -0.2) is 0 Å². The van der Waals surface area contributed by atoms with Crippen LogP contribution in [-0.4, -0.2) is 5.11 Å². The zero-order valence-electron chi connectivity index (χ0n) is 14.6. The number of hydrogen-bond acceptors (Lipinski definition) is 4. The van der Waals surface area contributed by atoms with E-state index in [1.807, 2.05) is 48.5 Å². The maximum absolute atomic E-state index is 9.38. The Kier molecular flexibility index (Phi) is 4.90. The fourth-order valence-electron chi connectivity index (χ4n) is 2.93. The van der Waals surface area contributed by atoms with E-state index in [4.69, 9.17) is 10.5 Å². The van der Waals surface area contributed by atoms with E-state index >= 15 is 0 Å². The highest BCUT2D eigenvalue weighted by Crippen LogP contribution is 2.35. The summed E-state index contributed by atoms with van der Waals surface area (Å²) in [5, 5.41) is 11.8. The molecule has 4 heteroatoms. The van der Waals surface area contributed by atoms with E-state index < -0.39 is 0 Å². The number of hydrogen-bond donors (Lipinski definition) is 2. The quantitative estimate of drug-likeness (QED) is 0.430. The maximum Gasteiger partial charge on any atom is 0.121 e. The molecular formula is C23H19NO2S. The van der Waals surface area contributed by atoms with E-state index in [1.165, 1.54) is 10.8 Å². The molecule has 3 N–H and O–H groups in total. The molecule has 4 rings (SSSR count). The van der Waals surface area contributed by atoms with Crippen molar-refractivity contribution in [3.63, 3.8) is 0 Å². The average molecular weight is 373 g/mol. The zero-order valence-corrected chi connectivity index (χ0v) is 15.4. The van der Waals surface area contributed by atoms with Gasteiger partial charge in [-0.3, -0.25) is 0 Å². The number of phenolic OH excluding ortho intramolecular Hbond substituents is 1. The minimum atomic E-state index is 0.254. The molecule has 4 aromatic carbocycles. The van der Waals surface area contributed by atoms with Gasteiger partial charge in [0.05, 0.1) is 0 Å². The van der Waals surface area contributed by atoms with Crippen LogP contribution >= 0.6 is 11.8 Å². The summed E-state index contributed by atoms with van der Waals surface area (Å²) in [6.45, 7) is 0.491. The normalized spacial score (nSPS) is 10.8. The van der Waals surface area contributed by atoms with E-state index in [2.05, 4.69) is 24.3 Å². The van der Waals surface area contributed by atoms with Crippen molar-refractivity contribution in [2.24, 2.45) is 0 Å². The van der Waals surface area contributed by atoms with Crippen LogP contribution < -0.4 is 10.5 Å². The molecular weight excluding hydrogens is 354 g/mol. The van der Waals surface area contributed by atoms with Gasteiger partial charge in [0.15, 0.2) is 0 Å². The van der Waals surface area contributed by atoms with Crippen LogP contribution in [0.15, 0.2) is 94.7 Å². The van der Waals surface area contributed by atoms with Crippen molar-refractivity contribution in [1.29, 1.82) is 0 Å². The molecule has 0 bridgehead atoms. The smallest absolute Gasteiger partial charge is 0.121 e. The molecule has 0 aliphatic carbocycles. The lowest BCUT2D eigenvalue weighted by atomic mass is 10.1. The van der Waals surface area contributed by atoms with Crippen molar-refractivity contribution in [3.8, 4) is 11.5 Å². The highest BCUT2D eigenvalue weighted by Gasteiger charge is 2.06. The topological polar surface area (TPSA) is 55.5 Å². The van der Waals surface area contributed by atoms with Gasteiger partial charge in [-0.05, 0) is 52.7 Å². The third kappa shape index (κ3) is 4.01. The lowest BCUT2D eigenvalue weighted by Gasteiger charge is -2.11. The van der Waals surface area contributed by atoms with E-state index in [9.17, 15) is 5.11 Å². The Bertz CT molecular complexity index is 1070. The third-order valence-electron chi connectivity index (χ3n) is 4.32. The second-order valence-corrected chi connectivity index (χ2v) is 7.34. The van der Waals surface area contributed by atoms with Gasteiger partial charge in [0.1, 0.15) is 18.1 Å². The molecule has 0 saturated heterocycles. The minimum Gasteiger partial charge on any atom is -0.508 e. The van der Waals surface area contributed by atoms with Crippen molar-refractivity contribution < 1.29 is 9.84 Å². The van der Waals surface area contributed by atoms with Gasteiger partial charge in [0.2, 0.25) is 0 Å². The van der Waals surface area contributed by atoms with Gasteiger partial charge < -0.3 is 15.6 Å². The molecule has 0 aliphatic heterocycles.